The van der Waals surface area contributed by atoms with Crippen molar-refractivity contribution in [1.29, 1.82) is 0 Å². The fourth-order valence-electron chi connectivity index (χ4n) is 3.35. The highest BCUT2D eigenvalue weighted by atomic mass is 16.7. The van der Waals surface area contributed by atoms with Crippen LogP contribution in [0.15, 0.2) is 17.3 Å². The van der Waals surface area contributed by atoms with E-state index in [1.165, 1.54) is 0 Å². The predicted molar refractivity (Wildman–Crippen MR) is 78.6 cm³/mol. The summed E-state index contributed by atoms with van der Waals surface area (Å²) in [6.45, 7) is 5.52. The number of benzene rings is 1. The van der Waals surface area contributed by atoms with Crippen LogP contribution in [0.1, 0.15) is 28.7 Å². The molecule has 2 N–H and O–H groups in total. The number of hydrogen-bond acceptors (Lipinski definition) is 6. The maximum atomic E-state index is 12.1. The number of hydrogen-bond donors (Lipinski definition) is 2. The standard InChI is InChI=1S/C16H19NO5/c1-8-4-9(2)13(10(3)5-8)11-6-16(22-17-11)14(19)12(7-18)21-15(16)20/h4-5,12,14,18-19H,6-7H2,1-3H3/t12-,14-,16+/m1/s1. The molecule has 6 heteroatoms. The van der Waals surface area contributed by atoms with Gasteiger partial charge >= 0.3 is 5.97 Å². The van der Waals surface area contributed by atoms with Gasteiger partial charge in [-0.1, -0.05) is 22.9 Å². The number of cyclic esters (lactones) is 1. The third-order valence-electron chi connectivity index (χ3n) is 4.33. The van der Waals surface area contributed by atoms with E-state index in [2.05, 4.69) is 5.16 Å². The lowest BCUT2D eigenvalue weighted by atomic mass is 9.86. The van der Waals surface area contributed by atoms with Crippen LogP contribution in [0.4, 0.5) is 0 Å². The zero-order valence-electron chi connectivity index (χ0n) is 12.8. The van der Waals surface area contributed by atoms with Gasteiger partial charge in [0.05, 0.1) is 18.7 Å². The fourth-order valence-corrected chi connectivity index (χ4v) is 3.35. The maximum absolute atomic E-state index is 12.1. The smallest absolute Gasteiger partial charge is 0.357 e. The molecule has 0 aromatic heterocycles. The van der Waals surface area contributed by atoms with Gasteiger partial charge in [-0.15, -0.1) is 0 Å². The molecule has 22 heavy (non-hydrogen) atoms. The zero-order chi connectivity index (χ0) is 16.1. The Kier molecular flexibility index (Phi) is 3.45. The van der Waals surface area contributed by atoms with Gasteiger partial charge in [-0.05, 0) is 31.9 Å². The number of esters is 1. The lowest BCUT2D eigenvalue weighted by Crippen LogP contribution is -2.47. The molecule has 1 saturated heterocycles. The number of aliphatic hydroxyl groups is 2. The quantitative estimate of drug-likeness (QED) is 0.787. The van der Waals surface area contributed by atoms with Crippen molar-refractivity contribution in [2.75, 3.05) is 6.61 Å². The van der Waals surface area contributed by atoms with E-state index in [4.69, 9.17) is 14.7 Å². The van der Waals surface area contributed by atoms with Gasteiger partial charge in [0.1, 0.15) is 6.10 Å². The molecule has 1 spiro atoms. The van der Waals surface area contributed by atoms with Crippen molar-refractivity contribution in [3.8, 4) is 0 Å². The molecule has 6 nitrogen and oxygen atoms in total. The summed E-state index contributed by atoms with van der Waals surface area (Å²) in [5.41, 5.74) is 3.23. The second-order valence-corrected chi connectivity index (χ2v) is 6.04. The van der Waals surface area contributed by atoms with E-state index in [0.717, 1.165) is 22.3 Å². The summed E-state index contributed by atoms with van der Waals surface area (Å²) in [4.78, 5) is 17.4. The molecule has 3 atom stereocenters. The fraction of sp³-hybridized carbons (Fsp3) is 0.500. The van der Waals surface area contributed by atoms with Crippen molar-refractivity contribution in [3.63, 3.8) is 0 Å². The van der Waals surface area contributed by atoms with Crippen LogP contribution in [0.3, 0.4) is 0 Å². The molecular weight excluding hydrogens is 286 g/mol. The highest BCUT2D eigenvalue weighted by molar-refractivity contribution is 6.07. The van der Waals surface area contributed by atoms with Gasteiger partial charge in [-0.25, -0.2) is 4.79 Å². The van der Waals surface area contributed by atoms with Crippen LogP contribution in [-0.2, 0) is 14.4 Å². The van der Waals surface area contributed by atoms with Crippen molar-refractivity contribution >= 4 is 11.7 Å². The molecule has 1 aromatic carbocycles. The van der Waals surface area contributed by atoms with Crippen LogP contribution in [0.25, 0.3) is 0 Å². The summed E-state index contributed by atoms with van der Waals surface area (Å²) in [5.74, 6) is -0.680. The van der Waals surface area contributed by atoms with Crippen molar-refractivity contribution < 1.29 is 24.6 Å². The third-order valence-corrected chi connectivity index (χ3v) is 4.33. The molecule has 0 bridgehead atoms. The Hall–Kier alpha value is -1.92. The highest BCUT2D eigenvalue weighted by Crippen LogP contribution is 2.39. The molecule has 0 unspecified atom stereocenters. The van der Waals surface area contributed by atoms with E-state index in [-0.39, 0.29) is 6.42 Å². The minimum absolute atomic E-state index is 0.133. The number of aryl methyl sites for hydroxylation is 3. The van der Waals surface area contributed by atoms with E-state index in [9.17, 15) is 9.90 Å². The monoisotopic (exact) mass is 305 g/mol. The Balaban J connectivity index is 1.94. The largest absolute Gasteiger partial charge is 0.454 e. The Morgan fingerprint density at radius 3 is 2.50 bits per heavy atom. The molecule has 1 aromatic rings. The molecule has 2 aliphatic heterocycles. The van der Waals surface area contributed by atoms with Crippen molar-refractivity contribution in [2.45, 2.75) is 45.0 Å². The predicted octanol–water partition coefficient (Wildman–Crippen LogP) is 0.754. The third kappa shape index (κ3) is 2.02. The number of carbonyl (C=O) groups is 1. The summed E-state index contributed by atoms with van der Waals surface area (Å²) in [6.07, 6.45) is -2.08. The first-order chi connectivity index (χ1) is 10.4. The Labute approximate surface area is 128 Å². The van der Waals surface area contributed by atoms with Crippen LogP contribution in [0.2, 0.25) is 0 Å². The Bertz CT molecular complexity index is 645. The number of aliphatic hydroxyl groups excluding tert-OH is 2. The van der Waals surface area contributed by atoms with Crippen molar-refractivity contribution in [2.24, 2.45) is 5.16 Å². The zero-order valence-corrected chi connectivity index (χ0v) is 12.8. The number of oxime groups is 1. The molecule has 1 fully saturated rings. The number of rotatable bonds is 2. The van der Waals surface area contributed by atoms with Gasteiger partial charge in [0.15, 0.2) is 6.10 Å². The van der Waals surface area contributed by atoms with E-state index < -0.39 is 30.4 Å². The summed E-state index contributed by atoms with van der Waals surface area (Å²) in [5, 5.41) is 23.5. The van der Waals surface area contributed by atoms with Gasteiger partial charge in [0.2, 0.25) is 0 Å². The lowest BCUT2D eigenvalue weighted by Gasteiger charge is -2.21. The van der Waals surface area contributed by atoms with E-state index in [1.54, 1.807) is 0 Å². The molecule has 118 valence electrons. The lowest BCUT2D eigenvalue weighted by molar-refractivity contribution is -0.160. The van der Waals surface area contributed by atoms with Gasteiger partial charge in [0.25, 0.3) is 5.60 Å². The number of ether oxygens (including phenoxy) is 1. The first-order valence-electron chi connectivity index (χ1n) is 7.22. The second kappa shape index (κ2) is 5.07. The molecule has 0 radical (unpaired) electrons. The van der Waals surface area contributed by atoms with Crippen molar-refractivity contribution in [3.05, 3.63) is 34.4 Å². The Morgan fingerprint density at radius 2 is 1.95 bits per heavy atom. The highest BCUT2D eigenvalue weighted by Gasteiger charge is 2.62. The van der Waals surface area contributed by atoms with E-state index in [0.29, 0.717) is 5.71 Å². The van der Waals surface area contributed by atoms with Gasteiger partial charge in [-0.2, -0.15) is 0 Å². The minimum atomic E-state index is -1.54. The summed E-state index contributed by atoms with van der Waals surface area (Å²) >= 11 is 0. The van der Waals surface area contributed by atoms with Gasteiger partial charge in [0, 0.05) is 5.56 Å². The normalized spacial score (nSPS) is 30.4. The summed E-state index contributed by atoms with van der Waals surface area (Å²) < 4.78 is 4.99. The van der Waals surface area contributed by atoms with Gasteiger partial charge < -0.3 is 19.8 Å². The molecular formula is C16H19NO5. The van der Waals surface area contributed by atoms with E-state index >= 15 is 0 Å². The molecule has 0 amide bonds. The Morgan fingerprint density at radius 1 is 1.32 bits per heavy atom. The topological polar surface area (TPSA) is 88.4 Å². The molecule has 3 rings (SSSR count). The molecule has 2 heterocycles. The maximum Gasteiger partial charge on any atom is 0.357 e. The second-order valence-electron chi connectivity index (χ2n) is 6.04. The van der Waals surface area contributed by atoms with Gasteiger partial charge in [-0.3, -0.25) is 0 Å². The average molecular weight is 305 g/mol. The minimum Gasteiger partial charge on any atom is -0.454 e. The van der Waals surface area contributed by atoms with Crippen LogP contribution in [-0.4, -0.2) is 46.3 Å². The summed E-state index contributed by atoms with van der Waals surface area (Å²) in [7, 11) is 0. The SMILES string of the molecule is Cc1cc(C)c(C2=NO[C@]3(C2)C(=O)O[C@H](CO)[C@H]3O)c(C)c1. The molecule has 0 saturated carbocycles. The molecule has 0 aliphatic carbocycles. The molecule has 2 aliphatic rings. The van der Waals surface area contributed by atoms with Crippen LogP contribution in [0.5, 0.6) is 0 Å². The number of nitrogens with zero attached hydrogens (tertiary/aromatic N) is 1. The average Bonchev–Trinajstić information content (AvgIpc) is 2.97. The van der Waals surface area contributed by atoms with Crippen LogP contribution >= 0.6 is 0 Å². The first kappa shape index (κ1) is 15.0. The summed E-state index contributed by atoms with van der Waals surface area (Å²) in [6, 6.07) is 4.07. The van der Waals surface area contributed by atoms with Crippen molar-refractivity contribution in [1.82, 2.24) is 0 Å². The van der Waals surface area contributed by atoms with E-state index in [1.807, 2.05) is 32.9 Å². The van der Waals surface area contributed by atoms with Crippen LogP contribution < -0.4 is 0 Å². The van der Waals surface area contributed by atoms with Crippen LogP contribution in [0, 0.1) is 20.8 Å². The first-order valence-corrected chi connectivity index (χ1v) is 7.22. The number of carbonyl (C=O) groups excluding carboxylic acids is 1.